The van der Waals surface area contributed by atoms with Crippen LogP contribution in [-0.2, 0) is 56.0 Å². The number of benzene rings is 8. The second kappa shape index (κ2) is 23.9. The maximum atomic E-state index is 14.2. The number of pyridine rings is 1. The molecule has 0 atom stereocenters. The zero-order chi connectivity index (χ0) is 65.7. The molecule has 0 amide bonds. The average Bonchev–Trinajstić information content (AvgIpc) is 0.716. The Hall–Kier alpha value is -8.98. The standard InChI is InChI=1S/C32H12BF24.C29H22NO2/c34-25(35,36)13-1-14(26(37,38)39)6-21(5-13)33(22-7-15(27(40,41)42)2-16(8-22)28(43,44)45,23-9-17(29(46,47)48)3-18(10-23)30(49,50)51)24-11-19(31(52,53)54)4-20(12-24)32(55,56)57;31-29(32-26-18-15-24(16-19-26)23-11-5-2-6-12-23)28-20-17-25-13-7-8-14-27(25)30(28)21-22-9-3-1-4-10-22/h1-12H;1-20H,21H2/q-1;+1. The molecule has 466 valence electrons. The summed E-state index contributed by atoms with van der Waals surface area (Å²) < 4.78 is 349. The summed E-state index contributed by atoms with van der Waals surface area (Å²) in [5, 5.41) is 1.08. The maximum Gasteiger partial charge on any atom is 0.416 e. The minimum atomic E-state index is -6.13. The van der Waals surface area contributed by atoms with Gasteiger partial charge >= 0.3 is 55.4 Å². The van der Waals surface area contributed by atoms with Gasteiger partial charge in [0.25, 0.3) is 5.69 Å². The highest BCUT2D eigenvalue weighted by molar-refractivity contribution is 7.20. The number of hydrogen-bond donors (Lipinski definition) is 0. The Balaban J connectivity index is 0.000000267. The van der Waals surface area contributed by atoms with Crippen LogP contribution in [0.1, 0.15) is 60.6 Å². The van der Waals surface area contributed by atoms with Crippen LogP contribution in [0.4, 0.5) is 105 Å². The van der Waals surface area contributed by atoms with E-state index in [4.69, 9.17) is 4.74 Å². The molecule has 89 heavy (non-hydrogen) atoms. The normalized spacial score (nSPS) is 13.0. The number of alkyl halides is 24. The quantitative estimate of drug-likeness (QED) is 0.0474. The molecular weight excluding hydrogens is 1250 g/mol. The number of carbonyl (C=O) groups is 1. The van der Waals surface area contributed by atoms with Crippen molar-refractivity contribution >= 4 is 44.9 Å². The number of fused-ring (bicyclic) bond motifs is 1. The smallest absolute Gasteiger partial charge is 0.416 e. The lowest BCUT2D eigenvalue weighted by Gasteiger charge is -2.46. The maximum absolute atomic E-state index is 14.2. The molecule has 0 aliphatic heterocycles. The van der Waals surface area contributed by atoms with Gasteiger partial charge in [0.2, 0.25) is 5.52 Å². The second-order valence-corrected chi connectivity index (χ2v) is 19.9. The lowest BCUT2D eigenvalue weighted by molar-refractivity contribution is -0.664. The van der Waals surface area contributed by atoms with Crippen LogP contribution in [-0.4, -0.2) is 12.1 Å². The highest BCUT2D eigenvalue weighted by Crippen LogP contribution is 2.42. The average molecular weight is 1280 g/mol. The van der Waals surface area contributed by atoms with E-state index in [1.165, 1.54) is 0 Å². The van der Waals surface area contributed by atoms with Gasteiger partial charge in [-0.15, -0.1) is 0 Å². The fourth-order valence-corrected chi connectivity index (χ4v) is 9.95. The molecule has 0 aliphatic carbocycles. The number of rotatable bonds is 9. The molecule has 0 bridgehead atoms. The Morgan fingerprint density at radius 2 is 0.618 bits per heavy atom. The Morgan fingerprint density at radius 3 is 0.944 bits per heavy atom. The number of nitrogens with zero attached hydrogens (tertiary/aromatic N) is 1. The van der Waals surface area contributed by atoms with Gasteiger partial charge in [-0.2, -0.15) is 132 Å². The summed E-state index contributed by atoms with van der Waals surface area (Å²) in [4.78, 5) is 13.2. The van der Waals surface area contributed by atoms with E-state index in [2.05, 4.69) is 24.3 Å². The number of para-hydroxylation sites is 1. The van der Waals surface area contributed by atoms with Gasteiger partial charge in [-0.25, -0.2) is 4.79 Å². The Labute approximate surface area is 486 Å². The Morgan fingerprint density at radius 1 is 0.326 bits per heavy atom. The van der Waals surface area contributed by atoms with Crippen molar-refractivity contribution in [2.24, 2.45) is 0 Å². The van der Waals surface area contributed by atoms with E-state index in [1.807, 2.05) is 102 Å². The van der Waals surface area contributed by atoms with Crippen LogP contribution in [0, 0.1) is 0 Å². The van der Waals surface area contributed by atoms with Crippen molar-refractivity contribution in [3.8, 4) is 16.9 Å². The van der Waals surface area contributed by atoms with Crippen LogP contribution in [0.3, 0.4) is 0 Å². The summed E-state index contributed by atoms with van der Waals surface area (Å²) >= 11 is 0. The molecule has 0 saturated carbocycles. The van der Waals surface area contributed by atoms with Crippen LogP contribution in [0.15, 0.2) is 194 Å². The lowest BCUT2D eigenvalue weighted by atomic mass is 9.12. The van der Waals surface area contributed by atoms with Crippen LogP contribution >= 0.6 is 0 Å². The minimum Gasteiger partial charge on any atom is -0.419 e. The van der Waals surface area contributed by atoms with E-state index in [0.29, 0.717) is 18.0 Å². The van der Waals surface area contributed by atoms with Gasteiger partial charge in [0.05, 0.1) is 44.5 Å². The molecule has 9 rings (SSSR count). The lowest BCUT2D eigenvalue weighted by Crippen LogP contribution is -2.75. The van der Waals surface area contributed by atoms with Crippen LogP contribution < -0.4 is 31.2 Å². The number of carbonyl (C=O) groups excluding carboxylic acids is 1. The van der Waals surface area contributed by atoms with E-state index >= 15 is 0 Å². The molecule has 3 nitrogen and oxygen atoms in total. The molecule has 1 aromatic heterocycles. The molecule has 0 saturated heterocycles. The first kappa shape index (κ1) is 66.0. The number of ether oxygens (including phenoxy) is 1. The summed E-state index contributed by atoms with van der Waals surface area (Å²) in [7, 11) is 0. The third-order valence-corrected chi connectivity index (χ3v) is 13.9. The minimum absolute atomic E-state index is 0.376. The predicted molar refractivity (Wildman–Crippen MR) is 277 cm³/mol. The van der Waals surface area contributed by atoms with Gasteiger partial charge in [0.15, 0.2) is 6.54 Å². The third-order valence-electron chi connectivity index (χ3n) is 13.9. The molecule has 28 heteroatoms. The number of aromatic nitrogens is 1. The van der Waals surface area contributed by atoms with Gasteiger partial charge in [-0.1, -0.05) is 133 Å². The first-order chi connectivity index (χ1) is 41.0. The van der Waals surface area contributed by atoms with Crippen molar-refractivity contribution < 1.29 is 119 Å². The number of hydrogen-bond acceptors (Lipinski definition) is 2. The zero-order valence-corrected chi connectivity index (χ0v) is 44.1. The molecule has 0 aliphatic rings. The molecule has 9 aromatic rings. The summed E-state index contributed by atoms with van der Waals surface area (Å²) in [5.74, 6) is 0.147. The monoisotopic (exact) mass is 1280 g/mol. The van der Waals surface area contributed by atoms with Crippen LogP contribution in [0.25, 0.3) is 22.0 Å². The highest BCUT2D eigenvalue weighted by atomic mass is 19.4. The molecule has 1 heterocycles. The van der Waals surface area contributed by atoms with Crippen molar-refractivity contribution in [3.05, 3.63) is 250 Å². The Kier molecular flexibility index (Phi) is 17.7. The van der Waals surface area contributed by atoms with Gasteiger partial charge in [-0.05, 0) is 59.7 Å². The van der Waals surface area contributed by atoms with Crippen molar-refractivity contribution in [2.45, 2.75) is 56.0 Å². The fourth-order valence-electron chi connectivity index (χ4n) is 9.95. The van der Waals surface area contributed by atoms with Crippen molar-refractivity contribution in [1.82, 2.24) is 0 Å². The molecule has 0 N–H and O–H groups in total. The zero-order valence-electron chi connectivity index (χ0n) is 44.1. The van der Waals surface area contributed by atoms with Crippen molar-refractivity contribution in [1.29, 1.82) is 0 Å². The number of esters is 1. The topological polar surface area (TPSA) is 30.2 Å². The van der Waals surface area contributed by atoms with Gasteiger partial charge in [-0.3, -0.25) is 0 Å². The number of halogens is 24. The molecule has 0 radical (unpaired) electrons. The Bertz CT molecular complexity index is 3590. The van der Waals surface area contributed by atoms with Gasteiger partial charge in [0, 0.05) is 23.1 Å². The highest BCUT2D eigenvalue weighted by Gasteiger charge is 2.47. The van der Waals surface area contributed by atoms with Crippen LogP contribution in [0.2, 0.25) is 0 Å². The molecular formula is C61H34BF24NO2. The van der Waals surface area contributed by atoms with Crippen molar-refractivity contribution in [3.63, 3.8) is 0 Å². The van der Waals surface area contributed by atoms with Gasteiger partial charge < -0.3 is 4.74 Å². The van der Waals surface area contributed by atoms with E-state index < -0.39 is 195 Å². The molecule has 0 spiro atoms. The first-order valence-corrected chi connectivity index (χ1v) is 25.2. The largest absolute Gasteiger partial charge is 0.419 e. The summed E-state index contributed by atoms with van der Waals surface area (Å²) in [6.07, 6.45) is -54.8. The first-order valence-electron chi connectivity index (χ1n) is 25.2. The summed E-state index contributed by atoms with van der Waals surface area (Å²) in [6.45, 7) is 0.583. The predicted octanol–water partition coefficient (Wildman–Crippen LogP) is 17.3. The van der Waals surface area contributed by atoms with E-state index in [9.17, 15) is 110 Å². The summed E-state index contributed by atoms with van der Waals surface area (Å²) in [6, 6.07) is 30.9. The SMILES string of the molecule is FC(F)(F)c1cc([B-](c2cc(C(F)(F)F)cc(C(F)(F)F)c2)(c2cc(C(F)(F)F)cc(C(F)(F)F)c2)c2cc(C(F)(F)F)cc(C(F)(F)F)c2)cc(C(F)(F)F)c1.O=C(Oc1ccc(-c2ccccc2)cc1)c1ccc2ccccc2[n+]1Cc1ccccc1. The summed E-state index contributed by atoms with van der Waals surface area (Å²) in [5.41, 5.74) is -25.4. The molecule has 0 unspecified atom stereocenters. The van der Waals surface area contributed by atoms with E-state index in [-0.39, 0.29) is 5.97 Å². The second-order valence-electron chi connectivity index (χ2n) is 19.9. The van der Waals surface area contributed by atoms with E-state index in [0.717, 1.165) is 27.6 Å². The van der Waals surface area contributed by atoms with E-state index in [1.54, 1.807) is 0 Å². The molecule has 0 fully saturated rings. The fraction of sp³-hybridized carbons (Fsp3) is 0.148. The van der Waals surface area contributed by atoms with Crippen molar-refractivity contribution in [2.75, 3.05) is 0 Å². The van der Waals surface area contributed by atoms with Crippen LogP contribution in [0.5, 0.6) is 5.75 Å². The van der Waals surface area contributed by atoms with Gasteiger partial charge in [0.1, 0.15) is 11.9 Å². The third kappa shape index (κ3) is 15.0. The molecule has 8 aromatic carbocycles.